The fourth-order valence-electron chi connectivity index (χ4n) is 0.644. The lowest BCUT2D eigenvalue weighted by atomic mass is 10.0. The minimum atomic E-state index is -0.464. The first-order valence-corrected chi connectivity index (χ1v) is 2.93. The van der Waals surface area contributed by atoms with Crippen molar-refractivity contribution in [2.24, 2.45) is 0 Å². The molecule has 49 valence electrons. The molecule has 0 fully saturated rings. The highest BCUT2D eigenvalue weighted by Crippen LogP contribution is 2.14. The third-order valence-electron chi connectivity index (χ3n) is 1.08. The smallest absolute Gasteiger partial charge is 0.101 e. The van der Waals surface area contributed by atoms with Gasteiger partial charge >= 0.3 is 0 Å². The van der Waals surface area contributed by atoms with Crippen molar-refractivity contribution in [2.45, 2.75) is 39.2 Å². The summed E-state index contributed by atoms with van der Waals surface area (Å²) in [6.45, 7) is 5.62. The lowest BCUT2D eigenvalue weighted by molar-refractivity contribution is -0.366. The minimum Gasteiger partial charge on any atom is -0.198 e. The molecular weight excluding hydrogens is 104 g/mol. The molecular formula is C6H13O2. The topological polar surface area (TPSA) is 29.1 Å². The molecule has 0 saturated carbocycles. The summed E-state index contributed by atoms with van der Waals surface area (Å²) in [5.74, 6) is 0. The molecule has 0 aliphatic heterocycles. The molecule has 0 atom stereocenters. The second-order valence-corrected chi connectivity index (χ2v) is 2.59. The van der Waals surface area contributed by atoms with E-state index in [1.165, 1.54) is 0 Å². The van der Waals surface area contributed by atoms with Gasteiger partial charge in [0.05, 0.1) is 0 Å². The fraction of sp³-hybridized carbons (Fsp3) is 1.00. The molecule has 2 nitrogen and oxygen atoms in total. The van der Waals surface area contributed by atoms with Gasteiger partial charge in [-0.25, -0.2) is 0 Å². The van der Waals surface area contributed by atoms with E-state index in [-0.39, 0.29) is 0 Å². The molecule has 0 unspecified atom stereocenters. The number of rotatable bonds is 3. The van der Waals surface area contributed by atoms with Crippen molar-refractivity contribution >= 4 is 0 Å². The highest BCUT2D eigenvalue weighted by Gasteiger charge is 2.16. The van der Waals surface area contributed by atoms with Crippen LogP contribution in [0.25, 0.3) is 0 Å². The zero-order valence-corrected chi connectivity index (χ0v) is 5.73. The van der Waals surface area contributed by atoms with Crippen molar-refractivity contribution in [1.82, 2.24) is 0 Å². The Balaban J connectivity index is 3.37. The summed E-state index contributed by atoms with van der Waals surface area (Å²) in [5.41, 5.74) is -0.464. The van der Waals surface area contributed by atoms with E-state index in [1.54, 1.807) is 13.8 Å². The molecule has 0 aromatic heterocycles. The highest BCUT2D eigenvalue weighted by atomic mass is 17.1. The predicted octanol–water partition coefficient (Wildman–Crippen LogP) is 1.93. The zero-order chi connectivity index (χ0) is 6.62. The van der Waals surface area contributed by atoms with E-state index < -0.39 is 5.60 Å². The van der Waals surface area contributed by atoms with Crippen molar-refractivity contribution in [2.75, 3.05) is 0 Å². The Kier molecular flexibility index (Phi) is 3.02. The molecule has 2 heteroatoms. The predicted molar refractivity (Wildman–Crippen MR) is 30.8 cm³/mol. The second kappa shape index (κ2) is 3.05. The Morgan fingerprint density at radius 1 is 1.50 bits per heavy atom. The van der Waals surface area contributed by atoms with E-state index in [4.69, 9.17) is 0 Å². The summed E-state index contributed by atoms with van der Waals surface area (Å²) >= 11 is 0. The first kappa shape index (κ1) is 7.92. The van der Waals surface area contributed by atoms with Gasteiger partial charge in [0.15, 0.2) is 0 Å². The Labute approximate surface area is 50.4 Å². The van der Waals surface area contributed by atoms with Gasteiger partial charge in [0.25, 0.3) is 0 Å². The van der Waals surface area contributed by atoms with Crippen LogP contribution in [-0.4, -0.2) is 5.60 Å². The van der Waals surface area contributed by atoms with Gasteiger partial charge in [0, 0.05) is 0 Å². The summed E-state index contributed by atoms with van der Waals surface area (Å²) in [5, 5.41) is 9.84. The van der Waals surface area contributed by atoms with E-state index in [0.29, 0.717) is 0 Å². The van der Waals surface area contributed by atoms with Crippen LogP contribution >= 0.6 is 0 Å². The van der Waals surface area contributed by atoms with Crippen LogP contribution in [0.15, 0.2) is 0 Å². The van der Waals surface area contributed by atoms with Gasteiger partial charge in [-0.2, -0.15) is 4.89 Å². The third kappa shape index (κ3) is 2.99. The molecule has 0 aromatic carbocycles. The van der Waals surface area contributed by atoms with E-state index in [0.717, 1.165) is 12.8 Å². The van der Waals surface area contributed by atoms with Crippen molar-refractivity contribution in [3.63, 3.8) is 0 Å². The van der Waals surface area contributed by atoms with Crippen molar-refractivity contribution < 1.29 is 10.1 Å². The third-order valence-corrected chi connectivity index (χ3v) is 1.08. The SMILES string of the molecule is CCCC(C)(C)O[O]. The van der Waals surface area contributed by atoms with E-state index in [2.05, 4.69) is 4.89 Å². The Morgan fingerprint density at radius 3 is 2.12 bits per heavy atom. The molecule has 0 heterocycles. The van der Waals surface area contributed by atoms with Crippen molar-refractivity contribution in [3.8, 4) is 0 Å². The van der Waals surface area contributed by atoms with Crippen molar-refractivity contribution in [1.29, 1.82) is 0 Å². The van der Waals surface area contributed by atoms with Crippen LogP contribution in [0.5, 0.6) is 0 Å². The standard InChI is InChI=1S/C6H13O2/c1-4-5-6(2,3)8-7/h4-5H2,1-3H3. The average molecular weight is 117 g/mol. The summed E-state index contributed by atoms with van der Waals surface area (Å²) < 4.78 is 0. The summed E-state index contributed by atoms with van der Waals surface area (Å²) in [4.78, 5) is 3.93. The lowest BCUT2D eigenvalue weighted by Crippen LogP contribution is -2.20. The van der Waals surface area contributed by atoms with Gasteiger partial charge in [-0.05, 0) is 25.5 Å². The molecule has 8 heavy (non-hydrogen) atoms. The van der Waals surface area contributed by atoms with E-state index in [9.17, 15) is 5.26 Å². The van der Waals surface area contributed by atoms with Crippen molar-refractivity contribution in [3.05, 3.63) is 0 Å². The van der Waals surface area contributed by atoms with Gasteiger partial charge in [-0.1, -0.05) is 13.3 Å². The lowest BCUT2D eigenvalue weighted by Gasteiger charge is -2.16. The maximum atomic E-state index is 9.84. The van der Waals surface area contributed by atoms with Gasteiger partial charge in [-0.3, -0.25) is 0 Å². The van der Waals surface area contributed by atoms with Gasteiger partial charge in [-0.15, -0.1) is 0 Å². The maximum absolute atomic E-state index is 9.84. The maximum Gasteiger partial charge on any atom is 0.101 e. The quantitative estimate of drug-likeness (QED) is 0.410. The van der Waals surface area contributed by atoms with Crippen LogP contribution in [0.3, 0.4) is 0 Å². The van der Waals surface area contributed by atoms with Gasteiger partial charge < -0.3 is 0 Å². The Morgan fingerprint density at radius 2 is 2.00 bits per heavy atom. The normalized spacial score (nSPS) is 12.0. The number of hydrogen-bond acceptors (Lipinski definition) is 1. The fourth-order valence-corrected chi connectivity index (χ4v) is 0.644. The molecule has 0 aliphatic rings. The molecule has 0 aromatic rings. The average Bonchev–Trinajstić information content (AvgIpc) is 1.67. The largest absolute Gasteiger partial charge is 0.198 e. The molecule has 0 spiro atoms. The first-order chi connectivity index (χ1) is 3.62. The van der Waals surface area contributed by atoms with Gasteiger partial charge in [0.1, 0.15) is 5.60 Å². The van der Waals surface area contributed by atoms with E-state index in [1.807, 2.05) is 6.92 Å². The van der Waals surface area contributed by atoms with Crippen LogP contribution in [0, 0.1) is 0 Å². The molecule has 1 radical (unpaired) electrons. The molecule has 0 rings (SSSR count). The molecule has 0 aliphatic carbocycles. The Bertz CT molecular complexity index is 59.5. The number of hydrogen-bond donors (Lipinski definition) is 0. The summed E-state index contributed by atoms with van der Waals surface area (Å²) in [6.07, 6.45) is 1.83. The summed E-state index contributed by atoms with van der Waals surface area (Å²) in [6, 6.07) is 0. The zero-order valence-electron chi connectivity index (χ0n) is 5.73. The minimum absolute atomic E-state index is 0.464. The van der Waals surface area contributed by atoms with Crippen LogP contribution in [0.1, 0.15) is 33.6 Å². The van der Waals surface area contributed by atoms with Gasteiger partial charge in [0.2, 0.25) is 0 Å². The molecule has 0 bridgehead atoms. The monoisotopic (exact) mass is 117 g/mol. The molecule has 0 saturated heterocycles. The van der Waals surface area contributed by atoms with E-state index >= 15 is 0 Å². The highest BCUT2D eigenvalue weighted by molar-refractivity contribution is 4.63. The van der Waals surface area contributed by atoms with Crippen LogP contribution in [0.4, 0.5) is 0 Å². The van der Waals surface area contributed by atoms with Crippen LogP contribution in [0.2, 0.25) is 0 Å². The first-order valence-electron chi connectivity index (χ1n) is 2.93. The molecule has 0 amide bonds. The Hall–Kier alpha value is -0.0800. The second-order valence-electron chi connectivity index (χ2n) is 2.59. The van der Waals surface area contributed by atoms with Crippen LogP contribution in [-0.2, 0) is 10.1 Å². The molecule has 0 N–H and O–H groups in total. The summed E-state index contributed by atoms with van der Waals surface area (Å²) in [7, 11) is 0. The van der Waals surface area contributed by atoms with Crippen LogP contribution < -0.4 is 0 Å².